The van der Waals surface area contributed by atoms with Crippen LogP contribution in [-0.2, 0) is 6.54 Å². The first kappa shape index (κ1) is 13.5. The molecule has 0 spiro atoms. The SMILES string of the molecule is O=c1c2[nH]c3ccccc3c2[nH+]cn1CCCN1CCCC1. The van der Waals surface area contributed by atoms with E-state index in [2.05, 4.69) is 14.9 Å². The van der Waals surface area contributed by atoms with E-state index in [0.717, 1.165) is 35.9 Å². The number of rotatable bonds is 4. The predicted molar refractivity (Wildman–Crippen MR) is 86.9 cm³/mol. The van der Waals surface area contributed by atoms with Gasteiger partial charge in [0.15, 0.2) is 11.0 Å². The number of nitrogens with zero attached hydrogens (tertiary/aromatic N) is 2. The summed E-state index contributed by atoms with van der Waals surface area (Å²) in [5, 5.41) is 1.07. The number of hydrogen-bond donors (Lipinski definition) is 1. The Morgan fingerprint density at radius 1 is 1.14 bits per heavy atom. The van der Waals surface area contributed by atoms with Crippen molar-refractivity contribution in [3.63, 3.8) is 0 Å². The van der Waals surface area contributed by atoms with Crippen LogP contribution >= 0.6 is 0 Å². The average Bonchev–Trinajstić information content (AvgIpc) is 3.17. The van der Waals surface area contributed by atoms with Crippen molar-refractivity contribution in [3.8, 4) is 0 Å². The molecule has 1 fully saturated rings. The Kier molecular flexibility index (Phi) is 3.42. The Morgan fingerprint density at radius 3 is 2.82 bits per heavy atom. The number of nitrogens with one attached hydrogen (secondary N) is 2. The molecule has 0 saturated carbocycles. The first-order valence-corrected chi connectivity index (χ1v) is 8.07. The molecule has 1 aliphatic rings. The van der Waals surface area contributed by atoms with Crippen LogP contribution in [0.15, 0.2) is 35.4 Å². The fourth-order valence-electron chi connectivity index (χ4n) is 3.43. The molecule has 1 aromatic carbocycles. The minimum Gasteiger partial charge on any atom is -0.345 e. The fraction of sp³-hybridized carbons (Fsp3) is 0.412. The third-order valence-electron chi connectivity index (χ3n) is 4.62. The molecule has 114 valence electrons. The molecule has 0 aliphatic carbocycles. The lowest BCUT2D eigenvalue weighted by Crippen LogP contribution is -2.28. The number of para-hydroxylation sites is 1. The first-order chi connectivity index (χ1) is 10.8. The maximum absolute atomic E-state index is 12.6. The van der Waals surface area contributed by atoms with Gasteiger partial charge in [-0.15, -0.1) is 0 Å². The third-order valence-corrected chi connectivity index (χ3v) is 4.62. The van der Waals surface area contributed by atoms with Crippen LogP contribution in [0.1, 0.15) is 19.3 Å². The molecule has 2 N–H and O–H groups in total. The normalized spacial score (nSPS) is 16.0. The summed E-state index contributed by atoms with van der Waals surface area (Å²) in [6.45, 7) is 4.26. The van der Waals surface area contributed by atoms with Crippen LogP contribution in [-0.4, -0.2) is 34.1 Å². The Balaban J connectivity index is 1.60. The van der Waals surface area contributed by atoms with E-state index in [1.165, 1.54) is 25.9 Å². The molecule has 0 amide bonds. The number of fused-ring (bicyclic) bond motifs is 3. The first-order valence-electron chi connectivity index (χ1n) is 8.07. The topological polar surface area (TPSA) is 55.2 Å². The van der Waals surface area contributed by atoms with Crippen LogP contribution in [0.25, 0.3) is 21.9 Å². The quantitative estimate of drug-likeness (QED) is 0.798. The zero-order chi connectivity index (χ0) is 14.9. The van der Waals surface area contributed by atoms with Crippen LogP contribution in [0.5, 0.6) is 0 Å². The van der Waals surface area contributed by atoms with Crippen molar-refractivity contribution in [2.45, 2.75) is 25.8 Å². The molecular weight excluding hydrogens is 276 g/mol. The largest absolute Gasteiger partial charge is 0.361 e. The van der Waals surface area contributed by atoms with Gasteiger partial charge >= 0.3 is 5.56 Å². The summed E-state index contributed by atoms with van der Waals surface area (Å²) in [4.78, 5) is 21.6. The molecule has 5 heteroatoms. The smallest absolute Gasteiger partial charge is 0.345 e. The Morgan fingerprint density at radius 2 is 1.95 bits per heavy atom. The number of aromatic nitrogens is 3. The number of likely N-dealkylation sites (tertiary alicyclic amines) is 1. The van der Waals surface area contributed by atoms with E-state index < -0.39 is 0 Å². The minimum absolute atomic E-state index is 0.0615. The Bertz CT molecular complexity index is 858. The highest BCUT2D eigenvalue weighted by Crippen LogP contribution is 2.18. The van der Waals surface area contributed by atoms with Crippen molar-refractivity contribution in [3.05, 3.63) is 40.9 Å². The van der Waals surface area contributed by atoms with Gasteiger partial charge < -0.3 is 9.88 Å². The van der Waals surface area contributed by atoms with E-state index in [1.54, 1.807) is 4.57 Å². The van der Waals surface area contributed by atoms with Gasteiger partial charge in [0, 0.05) is 11.9 Å². The lowest BCUT2D eigenvalue weighted by Gasteiger charge is -2.12. The van der Waals surface area contributed by atoms with Gasteiger partial charge in [0.1, 0.15) is 0 Å². The summed E-state index contributed by atoms with van der Waals surface area (Å²) in [5.41, 5.74) is 2.63. The second-order valence-corrected chi connectivity index (χ2v) is 6.09. The Hall–Kier alpha value is -2.14. The van der Waals surface area contributed by atoms with Crippen LogP contribution < -0.4 is 10.5 Å². The lowest BCUT2D eigenvalue weighted by atomic mass is 10.2. The summed E-state index contributed by atoms with van der Waals surface area (Å²) >= 11 is 0. The summed E-state index contributed by atoms with van der Waals surface area (Å²) in [6, 6.07) is 8.00. The standard InChI is InChI=1S/C17H20N4O/c22-17-16-15(13-6-1-2-7-14(13)19-16)18-12-21(17)11-5-10-20-8-3-4-9-20/h1-2,6-7,12,19H,3-5,8-11H2/p+1. The van der Waals surface area contributed by atoms with Gasteiger partial charge in [-0.2, -0.15) is 4.57 Å². The molecule has 2 aromatic heterocycles. The van der Waals surface area contributed by atoms with Gasteiger partial charge in [0.25, 0.3) is 0 Å². The zero-order valence-corrected chi connectivity index (χ0v) is 12.6. The van der Waals surface area contributed by atoms with E-state index in [9.17, 15) is 4.79 Å². The van der Waals surface area contributed by atoms with Crippen molar-refractivity contribution in [1.29, 1.82) is 0 Å². The molecule has 1 aliphatic heterocycles. The van der Waals surface area contributed by atoms with Crippen molar-refractivity contribution in [2.75, 3.05) is 19.6 Å². The van der Waals surface area contributed by atoms with Gasteiger partial charge in [0.05, 0.1) is 12.1 Å². The van der Waals surface area contributed by atoms with E-state index in [4.69, 9.17) is 0 Å². The van der Waals surface area contributed by atoms with Gasteiger partial charge in [-0.05, 0) is 44.5 Å². The summed E-state index contributed by atoms with van der Waals surface area (Å²) < 4.78 is 1.79. The Labute approximate surface area is 128 Å². The second-order valence-electron chi connectivity index (χ2n) is 6.09. The fourth-order valence-corrected chi connectivity index (χ4v) is 3.43. The number of hydrogen-bond acceptors (Lipinski definition) is 2. The predicted octanol–water partition coefficient (Wildman–Crippen LogP) is 1.78. The van der Waals surface area contributed by atoms with Crippen molar-refractivity contribution in [1.82, 2.24) is 14.5 Å². The van der Waals surface area contributed by atoms with E-state index in [0.29, 0.717) is 5.52 Å². The molecule has 4 rings (SSSR count). The molecule has 0 unspecified atom stereocenters. The summed E-state index contributed by atoms with van der Waals surface area (Å²) in [6.07, 6.45) is 5.46. The number of aryl methyl sites for hydroxylation is 1. The highest BCUT2D eigenvalue weighted by atomic mass is 16.1. The summed E-state index contributed by atoms with van der Waals surface area (Å²) in [7, 11) is 0. The van der Waals surface area contributed by atoms with Gasteiger partial charge in [-0.1, -0.05) is 12.1 Å². The van der Waals surface area contributed by atoms with Crippen LogP contribution in [0.2, 0.25) is 0 Å². The van der Waals surface area contributed by atoms with Gasteiger partial charge in [-0.3, -0.25) is 0 Å². The van der Waals surface area contributed by atoms with E-state index in [-0.39, 0.29) is 5.56 Å². The monoisotopic (exact) mass is 297 g/mol. The molecule has 0 radical (unpaired) electrons. The van der Waals surface area contributed by atoms with Crippen LogP contribution in [0, 0.1) is 0 Å². The van der Waals surface area contributed by atoms with E-state index >= 15 is 0 Å². The van der Waals surface area contributed by atoms with E-state index in [1.807, 2.05) is 30.6 Å². The maximum atomic E-state index is 12.6. The number of aromatic amines is 2. The molecule has 22 heavy (non-hydrogen) atoms. The van der Waals surface area contributed by atoms with Gasteiger partial charge in [-0.25, -0.2) is 9.78 Å². The molecule has 3 aromatic rings. The maximum Gasteiger partial charge on any atom is 0.361 e. The molecule has 3 heterocycles. The highest BCUT2D eigenvalue weighted by molar-refractivity contribution is 6.02. The average molecular weight is 297 g/mol. The minimum atomic E-state index is 0.0615. The second kappa shape index (κ2) is 5.57. The van der Waals surface area contributed by atoms with Gasteiger partial charge in [0.2, 0.25) is 6.33 Å². The molecule has 1 saturated heterocycles. The van der Waals surface area contributed by atoms with Crippen molar-refractivity contribution < 1.29 is 4.98 Å². The molecule has 0 bridgehead atoms. The molecule has 0 atom stereocenters. The number of H-pyrrole nitrogens is 2. The lowest BCUT2D eigenvalue weighted by molar-refractivity contribution is -0.352. The van der Waals surface area contributed by atoms with Crippen LogP contribution in [0.3, 0.4) is 0 Å². The molecule has 5 nitrogen and oxygen atoms in total. The van der Waals surface area contributed by atoms with Crippen molar-refractivity contribution in [2.24, 2.45) is 0 Å². The zero-order valence-electron chi connectivity index (χ0n) is 12.6. The number of benzene rings is 1. The highest BCUT2D eigenvalue weighted by Gasteiger charge is 2.16. The third kappa shape index (κ3) is 2.31. The van der Waals surface area contributed by atoms with Crippen LogP contribution in [0.4, 0.5) is 0 Å². The molecular formula is C17H21N4O+. The summed E-state index contributed by atoms with van der Waals surface area (Å²) in [5.74, 6) is 0. The van der Waals surface area contributed by atoms with Crippen molar-refractivity contribution >= 4 is 21.9 Å².